The maximum absolute atomic E-state index is 14.0. The number of H-pyrrole nitrogens is 1. The molecule has 0 saturated heterocycles. The third-order valence-corrected chi connectivity index (χ3v) is 10.6. The Morgan fingerprint density at radius 1 is 0.820 bits per heavy atom. The molecule has 2 aliphatic carbocycles. The number of rotatable bonds is 7. The van der Waals surface area contributed by atoms with Gasteiger partial charge in [-0.3, -0.25) is 14.7 Å². The average molecular weight is 782 g/mol. The minimum absolute atomic E-state index is 0. The van der Waals surface area contributed by atoms with Crippen molar-refractivity contribution in [1.29, 1.82) is 0 Å². The summed E-state index contributed by atoms with van der Waals surface area (Å²) >= 11 is 6.33. The molecule has 3 N–H and O–H groups in total. The molecule has 2 aromatic carbocycles. The zero-order valence-electron chi connectivity index (χ0n) is 26.4. The van der Waals surface area contributed by atoms with Crippen molar-refractivity contribution in [3.05, 3.63) is 122 Å². The van der Waals surface area contributed by atoms with Crippen LogP contribution >= 0.6 is 38.6 Å². The second-order valence-electron chi connectivity index (χ2n) is 11.7. The van der Waals surface area contributed by atoms with Crippen molar-refractivity contribution < 1.29 is 18.4 Å². The Kier molecular flexibility index (Phi) is 11.4. The summed E-state index contributed by atoms with van der Waals surface area (Å²) in [5.74, 6) is -0.0909. The molecule has 2 aliphatic rings. The lowest BCUT2D eigenvalue weighted by Crippen LogP contribution is -2.29. The second-order valence-corrected chi connectivity index (χ2v) is 14.6. The zero-order chi connectivity index (χ0) is 34.6. The molecule has 0 atom stereocenters. The maximum Gasteiger partial charge on any atom is 0.236 e. The van der Waals surface area contributed by atoms with Gasteiger partial charge in [-0.15, -0.1) is 27.8 Å². The minimum atomic E-state index is -0.771. The van der Waals surface area contributed by atoms with Crippen LogP contribution in [0.4, 0.5) is 20.4 Å². The number of anilines is 2. The first-order chi connectivity index (χ1) is 23.6. The first-order valence-electron chi connectivity index (χ1n) is 15.3. The lowest BCUT2D eigenvalue weighted by molar-refractivity contribution is -0.119. The maximum atomic E-state index is 14.0. The molecule has 4 heterocycles. The van der Waals surface area contributed by atoms with Gasteiger partial charge in [0.1, 0.15) is 17.5 Å². The molecular weight excluding hydrogens is 746 g/mol. The van der Waals surface area contributed by atoms with Crippen molar-refractivity contribution in [1.82, 2.24) is 29.9 Å². The Morgan fingerprint density at radius 2 is 1.38 bits per heavy atom. The molecule has 8 rings (SSSR count). The SMILES string of the molecule is C.Cc1csc(-n2ccc(NC(=O)C3(c4ccccc4F)CC3)n2)n1.Cc1csc(Br)n1.O=C(Nc1ccn[nH]1)C1(c2ccccc2F)CC1. The molecule has 10 nitrogen and oxygen atoms in total. The van der Waals surface area contributed by atoms with Crippen LogP contribution in [0, 0.1) is 25.5 Å². The first kappa shape index (κ1) is 36.7. The van der Waals surface area contributed by atoms with Gasteiger partial charge in [0.25, 0.3) is 0 Å². The number of hydrogen-bond donors (Lipinski definition) is 3. The van der Waals surface area contributed by atoms with Gasteiger partial charge in [-0.1, -0.05) is 43.8 Å². The van der Waals surface area contributed by atoms with Crippen LogP contribution < -0.4 is 10.6 Å². The number of amides is 2. The normalized spacial score (nSPS) is 14.5. The summed E-state index contributed by atoms with van der Waals surface area (Å²) in [6.07, 6.45) is 5.94. The molecule has 2 amide bonds. The van der Waals surface area contributed by atoms with Crippen LogP contribution in [0.3, 0.4) is 0 Å². The van der Waals surface area contributed by atoms with E-state index >= 15 is 0 Å². The van der Waals surface area contributed by atoms with Crippen LogP contribution in [-0.4, -0.2) is 41.8 Å². The Labute approximate surface area is 304 Å². The minimum Gasteiger partial charge on any atom is -0.310 e. The molecule has 2 fully saturated rings. The van der Waals surface area contributed by atoms with Gasteiger partial charge in [-0.2, -0.15) is 5.10 Å². The highest BCUT2D eigenvalue weighted by molar-refractivity contribution is 9.11. The number of aromatic nitrogens is 6. The van der Waals surface area contributed by atoms with Crippen LogP contribution in [0.25, 0.3) is 5.13 Å². The fraction of sp³-hybridized carbons (Fsp3) is 0.257. The first-order valence-corrected chi connectivity index (χ1v) is 17.8. The summed E-state index contributed by atoms with van der Waals surface area (Å²) in [6.45, 7) is 3.89. The van der Waals surface area contributed by atoms with Gasteiger partial charge in [0, 0.05) is 45.9 Å². The van der Waals surface area contributed by atoms with E-state index in [4.69, 9.17) is 0 Å². The van der Waals surface area contributed by atoms with Crippen molar-refractivity contribution in [2.45, 2.75) is 57.8 Å². The van der Waals surface area contributed by atoms with Gasteiger partial charge in [0.2, 0.25) is 16.9 Å². The number of carbonyl (C=O) groups is 2. The van der Waals surface area contributed by atoms with Crippen LogP contribution in [0.1, 0.15) is 55.6 Å². The molecule has 260 valence electrons. The summed E-state index contributed by atoms with van der Waals surface area (Å²) in [5, 5.41) is 21.0. The van der Waals surface area contributed by atoms with E-state index in [1.165, 1.54) is 23.5 Å². The number of hydrogen-bond acceptors (Lipinski definition) is 8. The lowest BCUT2D eigenvalue weighted by atomic mass is 9.94. The molecule has 0 aliphatic heterocycles. The van der Waals surface area contributed by atoms with Crippen LogP contribution in [0.15, 0.2) is 87.7 Å². The molecular formula is C35H35BrF2N8O2S2. The van der Waals surface area contributed by atoms with E-state index in [0.717, 1.165) is 20.4 Å². The number of carbonyl (C=O) groups excluding carboxylic acids is 2. The van der Waals surface area contributed by atoms with Crippen molar-refractivity contribution in [2.75, 3.05) is 10.6 Å². The van der Waals surface area contributed by atoms with E-state index in [0.29, 0.717) is 48.4 Å². The van der Waals surface area contributed by atoms with E-state index < -0.39 is 10.8 Å². The number of nitrogens with zero attached hydrogens (tertiary/aromatic N) is 5. The van der Waals surface area contributed by atoms with Crippen LogP contribution in [0.2, 0.25) is 0 Å². The number of benzene rings is 2. The summed E-state index contributed by atoms with van der Waals surface area (Å²) in [5.41, 5.74) is 1.45. The van der Waals surface area contributed by atoms with Gasteiger partial charge in [-0.05, 0) is 67.6 Å². The zero-order valence-corrected chi connectivity index (χ0v) is 29.6. The van der Waals surface area contributed by atoms with Crippen LogP contribution in [-0.2, 0) is 20.4 Å². The van der Waals surface area contributed by atoms with Crippen molar-refractivity contribution >= 4 is 62.1 Å². The van der Waals surface area contributed by atoms with Gasteiger partial charge < -0.3 is 10.6 Å². The summed E-state index contributed by atoms with van der Waals surface area (Å²) in [4.78, 5) is 33.3. The molecule has 0 unspecified atom stereocenters. The summed E-state index contributed by atoms with van der Waals surface area (Å²) in [7, 11) is 0. The fourth-order valence-electron chi connectivity index (χ4n) is 5.26. The predicted molar refractivity (Wildman–Crippen MR) is 196 cm³/mol. The van der Waals surface area contributed by atoms with Gasteiger partial charge in [0.05, 0.1) is 22.7 Å². The highest BCUT2D eigenvalue weighted by atomic mass is 79.9. The third-order valence-electron chi connectivity index (χ3n) is 8.12. The number of thiazole rings is 2. The monoisotopic (exact) mass is 780 g/mol. The number of nitrogens with one attached hydrogen (secondary N) is 3. The van der Waals surface area contributed by atoms with Gasteiger partial charge in [-0.25, -0.2) is 23.4 Å². The van der Waals surface area contributed by atoms with Crippen LogP contribution in [0.5, 0.6) is 0 Å². The highest BCUT2D eigenvalue weighted by Crippen LogP contribution is 2.50. The van der Waals surface area contributed by atoms with Crippen molar-refractivity contribution in [3.63, 3.8) is 0 Å². The van der Waals surface area contributed by atoms with Crippen molar-refractivity contribution in [2.24, 2.45) is 0 Å². The summed E-state index contributed by atoms with van der Waals surface area (Å²) in [6, 6.07) is 16.3. The predicted octanol–water partition coefficient (Wildman–Crippen LogP) is 8.52. The lowest BCUT2D eigenvalue weighted by Gasteiger charge is -2.15. The Bertz CT molecular complexity index is 2050. The van der Waals surface area contributed by atoms with E-state index in [-0.39, 0.29) is 30.9 Å². The summed E-state index contributed by atoms with van der Waals surface area (Å²) < 4.78 is 30.4. The topological polar surface area (TPSA) is 130 Å². The number of halogens is 3. The molecule has 15 heteroatoms. The Balaban J connectivity index is 0.000000164. The largest absolute Gasteiger partial charge is 0.310 e. The molecule has 50 heavy (non-hydrogen) atoms. The average Bonchev–Trinajstić information content (AvgIpc) is 3.78. The smallest absolute Gasteiger partial charge is 0.236 e. The molecule has 4 aromatic heterocycles. The highest BCUT2D eigenvalue weighted by Gasteiger charge is 2.53. The number of aromatic amines is 1. The van der Waals surface area contributed by atoms with E-state index in [1.807, 2.05) is 24.6 Å². The third kappa shape index (κ3) is 8.22. The Hall–Kier alpha value is -4.60. The van der Waals surface area contributed by atoms with Gasteiger partial charge in [0.15, 0.2) is 9.73 Å². The fourth-order valence-corrected chi connectivity index (χ4v) is 7.07. The van der Waals surface area contributed by atoms with E-state index in [2.05, 4.69) is 51.8 Å². The molecule has 6 aromatic rings. The molecule has 0 bridgehead atoms. The van der Waals surface area contributed by atoms with Gasteiger partial charge >= 0.3 is 0 Å². The standard InChI is InChI=1S/C17H15FN4OS.C13H12FN3O.C4H4BrNS.CH4/c1-11-10-24-16(19-11)22-9-6-14(21-22)20-15(23)17(7-8-17)12-4-2-3-5-13(12)18;14-10-4-2-1-3-9(10)13(6-7-13)12(18)16-11-5-8-15-17-11;1-3-2-7-4(5)6-3;/h2-6,9-10H,7-8H2,1H3,(H,20,21,23);1-5,8H,6-7H2,(H2,15,16,17,18);2H,1H3;1H4. The molecule has 0 radical (unpaired) electrons. The number of aryl methyl sites for hydroxylation is 2. The quantitative estimate of drug-likeness (QED) is 0.149. The Morgan fingerprint density at radius 3 is 1.82 bits per heavy atom. The van der Waals surface area contributed by atoms with Crippen molar-refractivity contribution in [3.8, 4) is 5.13 Å². The molecule has 0 spiro atoms. The second kappa shape index (κ2) is 15.5. The van der Waals surface area contributed by atoms with E-state index in [1.54, 1.807) is 76.9 Å². The molecule has 2 saturated carbocycles. The van der Waals surface area contributed by atoms with E-state index in [9.17, 15) is 18.4 Å².